The Bertz CT molecular complexity index is 983. The summed E-state index contributed by atoms with van der Waals surface area (Å²) in [4.78, 5) is 11.9. The highest BCUT2D eigenvalue weighted by Crippen LogP contribution is 2.33. The van der Waals surface area contributed by atoms with Crippen molar-refractivity contribution in [3.8, 4) is 11.6 Å². The minimum absolute atomic E-state index is 0.595. The molecule has 0 fully saturated rings. The lowest BCUT2D eigenvalue weighted by molar-refractivity contribution is 0.473. The SMILES string of the molecule is Cc1[nH]c2c(Oc3cccc4cnccc34)nccc2c1C. The van der Waals surface area contributed by atoms with Crippen LogP contribution in [0, 0.1) is 13.8 Å². The molecule has 0 spiro atoms. The summed E-state index contributed by atoms with van der Waals surface area (Å²) in [6, 6.07) is 9.90. The van der Waals surface area contributed by atoms with Gasteiger partial charge in [-0.2, -0.15) is 0 Å². The van der Waals surface area contributed by atoms with Gasteiger partial charge in [0.1, 0.15) is 11.3 Å². The summed E-state index contributed by atoms with van der Waals surface area (Å²) in [5.74, 6) is 1.38. The molecule has 0 unspecified atom stereocenters. The third kappa shape index (κ3) is 1.92. The normalized spacial score (nSPS) is 11.2. The highest BCUT2D eigenvalue weighted by molar-refractivity contribution is 5.90. The van der Waals surface area contributed by atoms with Gasteiger partial charge in [-0.15, -0.1) is 0 Å². The highest BCUT2D eigenvalue weighted by Gasteiger charge is 2.12. The molecule has 108 valence electrons. The number of hydrogen-bond acceptors (Lipinski definition) is 3. The molecule has 3 aromatic heterocycles. The second-order valence-corrected chi connectivity index (χ2v) is 5.37. The number of benzene rings is 1. The van der Waals surface area contributed by atoms with E-state index in [0.29, 0.717) is 5.88 Å². The first-order valence-corrected chi connectivity index (χ1v) is 7.18. The summed E-state index contributed by atoms with van der Waals surface area (Å²) < 4.78 is 6.10. The number of nitrogens with one attached hydrogen (secondary N) is 1. The van der Waals surface area contributed by atoms with Crippen LogP contribution in [0.5, 0.6) is 11.6 Å². The Morgan fingerprint density at radius 2 is 1.86 bits per heavy atom. The fourth-order valence-corrected chi connectivity index (χ4v) is 2.72. The zero-order valence-corrected chi connectivity index (χ0v) is 12.4. The summed E-state index contributed by atoms with van der Waals surface area (Å²) in [5, 5.41) is 3.21. The number of aromatic nitrogens is 3. The van der Waals surface area contributed by atoms with E-state index in [1.165, 1.54) is 5.56 Å². The van der Waals surface area contributed by atoms with Gasteiger partial charge in [0.2, 0.25) is 5.88 Å². The summed E-state index contributed by atoms with van der Waals surface area (Å²) in [6.45, 7) is 4.16. The van der Waals surface area contributed by atoms with E-state index in [4.69, 9.17) is 4.74 Å². The van der Waals surface area contributed by atoms with E-state index < -0.39 is 0 Å². The summed E-state index contributed by atoms with van der Waals surface area (Å²) >= 11 is 0. The number of hydrogen-bond donors (Lipinski definition) is 1. The van der Waals surface area contributed by atoms with Crippen molar-refractivity contribution in [3.63, 3.8) is 0 Å². The van der Waals surface area contributed by atoms with Crippen LogP contribution in [0.3, 0.4) is 0 Å². The van der Waals surface area contributed by atoms with Gasteiger partial charge in [0.05, 0.1) is 0 Å². The van der Waals surface area contributed by atoms with Gasteiger partial charge in [0, 0.05) is 40.4 Å². The van der Waals surface area contributed by atoms with Gasteiger partial charge in [-0.05, 0) is 37.6 Å². The molecular weight excluding hydrogens is 274 g/mol. The van der Waals surface area contributed by atoms with E-state index in [-0.39, 0.29) is 0 Å². The lowest BCUT2D eigenvalue weighted by Gasteiger charge is -2.08. The van der Waals surface area contributed by atoms with Crippen LogP contribution in [-0.4, -0.2) is 15.0 Å². The third-order valence-corrected chi connectivity index (χ3v) is 4.04. The van der Waals surface area contributed by atoms with E-state index >= 15 is 0 Å². The number of nitrogens with zero attached hydrogens (tertiary/aromatic N) is 2. The molecule has 0 amide bonds. The van der Waals surface area contributed by atoms with Gasteiger partial charge >= 0.3 is 0 Å². The quantitative estimate of drug-likeness (QED) is 0.590. The van der Waals surface area contributed by atoms with E-state index in [2.05, 4.69) is 28.8 Å². The Balaban J connectivity index is 1.88. The van der Waals surface area contributed by atoms with Crippen molar-refractivity contribution in [3.05, 3.63) is 60.2 Å². The zero-order chi connectivity index (χ0) is 15.1. The Labute approximate surface area is 127 Å². The summed E-state index contributed by atoms with van der Waals surface area (Å²) in [6.07, 6.45) is 5.38. The second kappa shape index (κ2) is 4.84. The predicted octanol–water partition coefficient (Wildman–Crippen LogP) is 4.52. The number of aryl methyl sites for hydroxylation is 2. The number of pyridine rings is 2. The number of ether oxygens (including phenoxy) is 1. The van der Waals surface area contributed by atoms with Crippen LogP contribution in [0.15, 0.2) is 48.9 Å². The molecule has 22 heavy (non-hydrogen) atoms. The first-order chi connectivity index (χ1) is 10.7. The van der Waals surface area contributed by atoms with Crippen molar-refractivity contribution in [1.29, 1.82) is 0 Å². The fraction of sp³-hybridized carbons (Fsp3) is 0.111. The maximum absolute atomic E-state index is 6.10. The van der Waals surface area contributed by atoms with Crippen molar-refractivity contribution in [2.75, 3.05) is 0 Å². The van der Waals surface area contributed by atoms with Crippen molar-refractivity contribution >= 4 is 21.7 Å². The average Bonchev–Trinajstić information content (AvgIpc) is 2.84. The maximum atomic E-state index is 6.10. The molecule has 0 saturated heterocycles. The van der Waals surface area contributed by atoms with Gasteiger partial charge in [-0.25, -0.2) is 4.98 Å². The number of rotatable bonds is 2. The lowest BCUT2D eigenvalue weighted by atomic mass is 10.1. The molecule has 4 nitrogen and oxygen atoms in total. The molecule has 1 aromatic carbocycles. The predicted molar refractivity (Wildman–Crippen MR) is 87.4 cm³/mol. The molecule has 3 heterocycles. The van der Waals surface area contributed by atoms with E-state index in [0.717, 1.165) is 33.1 Å². The average molecular weight is 289 g/mol. The number of H-pyrrole nitrogens is 1. The molecule has 0 aliphatic rings. The molecule has 4 heteroatoms. The number of fused-ring (bicyclic) bond motifs is 2. The van der Waals surface area contributed by atoms with Crippen LogP contribution in [0.1, 0.15) is 11.3 Å². The minimum atomic E-state index is 0.595. The molecule has 1 N–H and O–H groups in total. The lowest BCUT2D eigenvalue weighted by Crippen LogP contribution is -1.90. The highest BCUT2D eigenvalue weighted by atomic mass is 16.5. The Kier molecular flexibility index (Phi) is 2.82. The van der Waals surface area contributed by atoms with Crippen LogP contribution < -0.4 is 4.74 Å². The van der Waals surface area contributed by atoms with Crippen LogP contribution in [0.25, 0.3) is 21.7 Å². The first kappa shape index (κ1) is 12.8. The van der Waals surface area contributed by atoms with Crippen molar-refractivity contribution < 1.29 is 4.74 Å². The second-order valence-electron chi connectivity index (χ2n) is 5.37. The molecule has 0 aliphatic heterocycles. The van der Waals surface area contributed by atoms with Crippen LogP contribution >= 0.6 is 0 Å². The molecule has 0 radical (unpaired) electrons. The van der Waals surface area contributed by atoms with E-state index in [1.54, 1.807) is 12.4 Å². The van der Waals surface area contributed by atoms with Gasteiger partial charge in [0.25, 0.3) is 0 Å². The van der Waals surface area contributed by atoms with Gasteiger partial charge < -0.3 is 9.72 Å². The maximum Gasteiger partial charge on any atom is 0.243 e. The van der Waals surface area contributed by atoms with Crippen molar-refractivity contribution in [2.24, 2.45) is 0 Å². The van der Waals surface area contributed by atoms with Gasteiger partial charge in [-0.3, -0.25) is 4.98 Å². The van der Waals surface area contributed by atoms with E-state index in [1.807, 2.05) is 36.5 Å². The third-order valence-electron chi connectivity index (χ3n) is 4.04. The molecule has 0 saturated carbocycles. The zero-order valence-electron chi connectivity index (χ0n) is 12.4. The van der Waals surface area contributed by atoms with Gasteiger partial charge in [-0.1, -0.05) is 12.1 Å². The van der Waals surface area contributed by atoms with Crippen LogP contribution in [-0.2, 0) is 0 Å². The summed E-state index contributed by atoms with van der Waals surface area (Å²) in [7, 11) is 0. The standard InChI is InChI=1S/C18H15N3O/c1-11-12(2)21-17-14(11)7-9-20-18(17)22-16-5-3-4-13-10-19-8-6-15(13)16/h3-10,21H,1-2H3. The fourth-order valence-electron chi connectivity index (χ4n) is 2.72. The van der Waals surface area contributed by atoms with Crippen LogP contribution in [0.4, 0.5) is 0 Å². The monoisotopic (exact) mass is 289 g/mol. The van der Waals surface area contributed by atoms with Crippen LogP contribution in [0.2, 0.25) is 0 Å². The molecule has 4 rings (SSSR count). The number of aromatic amines is 1. The van der Waals surface area contributed by atoms with Crippen molar-refractivity contribution in [2.45, 2.75) is 13.8 Å². The molecule has 0 atom stereocenters. The summed E-state index contributed by atoms with van der Waals surface area (Å²) in [5.41, 5.74) is 3.29. The van der Waals surface area contributed by atoms with Gasteiger partial charge in [0.15, 0.2) is 0 Å². The molecule has 4 aromatic rings. The Hall–Kier alpha value is -2.88. The van der Waals surface area contributed by atoms with E-state index in [9.17, 15) is 0 Å². The Morgan fingerprint density at radius 3 is 2.77 bits per heavy atom. The topological polar surface area (TPSA) is 50.8 Å². The smallest absolute Gasteiger partial charge is 0.243 e. The Morgan fingerprint density at radius 1 is 1.00 bits per heavy atom. The van der Waals surface area contributed by atoms with Crippen molar-refractivity contribution in [1.82, 2.24) is 15.0 Å². The molecule has 0 bridgehead atoms. The first-order valence-electron chi connectivity index (χ1n) is 7.18. The molecule has 0 aliphatic carbocycles. The largest absolute Gasteiger partial charge is 0.436 e. The minimum Gasteiger partial charge on any atom is -0.436 e. The molecular formula is C18H15N3O.